The second kappa shape index (κ2) is 11.2. The number of hydrogen-bond acceptors (Lipinski definition) is 7. The number of benzene rings is 3. The Hall–Kier alpha value is -4.11. The van der Waals surface area contributed by atoms with E-state index >= 15 is 0 Å². The topological polar surface area (TPSA) is 109 Å². The van der Waals surface area contributed by atoms with Gasteiger partial charge in [-0.15, -0.1) is 0 Å². The number of carboxylic acids is 1. The van der Waals surface area contributed by atoms with Crippen LogP contribution in [0.4, 0.5) is 0 Å². The molecule has 4 rings (SSSR count). The van der Waals surface area contributed by atoms with Gasteiger partial charge in [0.1, 0.15) is 12.4 Å². The van der Waals surface area contributed by atoms with E-state index in [0.717, 1.165) is 21.8 Å². The summed E-state index contributed by atoms with van der Waals surface area (Å²) in [5.74, 6) is -1.17. The number of thioether (sulfide) groups is 1. The number of hydrazone groups is 1. The van der Waals surface area contributed by atoms with Crippen LogP contribution in [0, 0.1) is 0 Å². The van der Waals surface area contributed by atoms with Gasteiger partial charge in [-0.1, -0.05) is 66.4 Å². The molecule has 0 saturated carbocycles. The molecule has 9 heteroatoms. The van der Waals surface area contributed by atoms with E-state index in [1.807, 2.05) is 42.5 Å². The van der Waals surface area contributed by atoms with Crippen molar-refractivity contribution in [3.05, 3.63) is 90.0 Å². The third-order valence-electron chi connectivity index (χ3n) is 4.79. The summed E-state index contributed by atoms with van der Waals surface area (Å²) in [6, 6.07) is 24.7. The number of amides is 1. The molecule has 8 nitrogen and oxygen atoms in total. The van der Waals surface area contributed by atoms with Gasteiger partial charge < -0.3 is 19.2 Å². The summed E-state index contributed by atoms with van der Waals surface area (Å²) < 4.78 is 7.27. The Kier molecular flexibility index (Phi) is 7.56. The molecule has 0 radical (unpaired) electrons. The van der Waals surface area contributed by atoms with Crippen molar-refractivity contribution in [1.82, 2.24) is 15.0 Å². The van der Waals surface area contributed by atoms with Crippen molar-refractivity contribution in [2.45, 2.75) is 11.7 Å². The number of carbonyl (C=O) groups excluding carboxylic acids is 2. The molecular weight excluding hydrogens is 452 g/mol. The van der Waals surface area contributed by atoms with Gasteiger partial charge in [-0.25, -0.2) is 10.4 Å². The van der Waals surface area contributed by atoms with Gasteiger partial charge in [0.25, 0.3) is 5.91 Å². The summed E-state index contributed by atoms with van der Waals surface area (Å²) in [6.45, 7) is 0.0734. The molecule has 0 saturated heterocycles. The fraction of sp³-hybridized carbons (Fsp3) is 0.120. The third-order valence-corrected chi connectivity index (χ3v) is 5.77. The Morgan fingerprint density at radius 1 is 1.03 bits per heavy atom. The van der Waals surface area contributed by atoms with Gasteiger partial charge in [0.05, 0.1) is 35.5 Å². The van der Waals surface area contributed by atoms with Crippen molar-refractivity contribution in [3.8, 4) is 5.75 Å². The van der Waals surface area contributed by atoms with Crippen LogP contribution < -0.4 is 15.3 Å². The third kappa shape index (κ3) is 6.02. The van der Waals surface area contributed by atoms with Crippen LogP contribution in [0.2, 0.25) is 0 Å². The molecule has 172 valence electrons. The molecule has 34 heavy (non-hydrogen) atoms. The van der Waals surface area contributed by atoms with Gasteiger partial charge in [-0.3, -0.25) is 4.79 Å². The Balaban J connectivity index is 1.40. The quantitative estimate of drug-likeness (QED) is 0.215. The molecule has 1 heterocycles. The molecule has 0 unspecified atom stereocenters. The Bertz CT molecular complexity index is 1320. The first-order chi connectivity index (χ1) is 16.6. The van der Waals surface area contributed by atoms with Crippen molar-refractivity contribution in [2.75, 3.05) is 12.4 Å². The zero-order valence-electron chi connectivity index (χ0n) is 18.1. The SMILES string of the molecule is O=C([O-])COc1ccccc1/C=N\NC(=O)CSc1nc2ccccc2n1Cc1ccccc1. The first kappa shape index (κ1) is 23.1. The molecule has 0 spiro atoms. The number of nitrogens with one attached hydrogen (secondary N) is 1. The lowest BCUT2D eigenvalue weighted by molar-refractivity contribution is -0.307. The molecule has 0 atom stereocenters. The lowest BCUT2D eigenvalue weighted by Crippen LogP contribution is -2.29. The highest BCUT2D eigenvalue weighted by Crippen LogP contribution is 2.25. The van der Waals surface area contributed by atoms with Crippen molar-refractivity contribution in [2.24, 2.45) is 5.10 Å². The number of nitrogens with zero attached hydrogens (tertiary/aromatic N) is 3. The van der Waals surface area contributed by atoms with E-state index in [1.165, 1.54) is 18.0 Å². The molecular formula is C25H21N4O4S-. The number of carbonyl (C=O) groups is 2. The zero-order valence-corrected chi connectivity index (χ0v) is 18.9. The van der Waals surface area contributed by atoms with E-state index in [2.05, 4.69) is 27.2 Å². The summed E-state index contributed by atoms with van der Waals surface area (Å²) in [4.78, 5) is 27.7. The smallest absolute Gasteiger partial charge is 0.250 e. The Morgan fingerprint density at radius 3 is 2.59 bits per heavy atom. The Labute approximate surface area is 200 Å². The maximum Gasteiger partial charge on any atom is 0.250 e. The van der Waals surface area contributed by atoms with E-state index in [-0.39, 0.29) is 11.7 Å². The van der Waals surface area contributed by atoms with E-state index in [0.29, 0.717) is 17.9 Å². The molecule has 0 aliphatic heterocycles. The molecule has 4 aromatic rings. The fourth-order valence-electron chi connectivity index (χ4n) is 3.27. The van der Waals surface area contributed by atoms with Crippen molar-refractivity contribution in [1.29, 1.82) is 0 Å². The number of para-hydroxylation sites is 3. The molecule has 1 amide bonds. The molecule has 0 bridgehead atoms. The highest BCUT2D eigenvalue weighted by molar-refractivity contribution is 7.99. The minimum atomic E-state index is -1.32. The normalized spacial score (nSPS) is 11.1. The summed E-state index contributed by atoms with van der Waals surface area (Å²) in [6.07, 6.45) is 1.40. The van der Waals surface area contributed by atoms with Gasteiger partial charge in [-0.05, 0) is 29.8 Å². The van der Waals surface area contributed by atoms with E-state index in [9.17, 15) is 14.7 Å². The summed E-state index contributed by atoms with van der Waals surface area (Å²) in [5.41, 5.74) is 6.02. The largest absolute Gasteiger partial charge is 0.546 e. The van der Waals surface area contributed by atoms with Gasteiger partial charge in [0.2, 0.25) is 0 Å². The number of ether oxygens (including phenoxy) is 1. The minimum absolute atomic E-state index is 0.123. The predicted octanol–water partition coefficient (Wildman–Crippen LogP) is 2.46. The second-order valence-electron chi connectivity index (χ2n) is 7.24. The van der Waals surface area contributed by atoms with Crippen LogP contribution >= 0.6 is 11.8 Å². The molecule has 3 aromatic carbocycles. The number of aromatic nitrogens is 2. The van der Waals surface area contributed by atoms with Gasteiger partial charge in [0, 0.05) is 5.56 Å². The fourth-order valence-corrected chi connectivity index (χ4v) is 4.08. The van der Waals surface area contributed by atoms with Crippen molar-refractivity contribution >= 4 is 40.9 Å². The number of carboxylic acid groups (broad SMARTS) is 1. The van der Waals surface area contributed by atoms with Crippen LogP contribution in [0.25, 0.3) is 11.0 Å². The summed E-state index contributed by atoms with van der Waals surface area (Å²) >= 11 is 1.33. The van der Waals surface area contributed by atoms with Crippen molar-refractivity contribution in [3.63, 3.8) is 0 Å². The van der Waals surface area contributed by atoms with Crippen LogP contribution in [0.15, 0.2) is 89.1 Å². The van der Waals surface area contributed by atoms with Gasteiger partial charge in [-0.2, -0.15) is 5.10 Å². The summed E-state index contributed by atoms with van der Waals surface area (Å²) in [7, 11) is 0. The maximum atomic E-state index is 12.4. The number of rotatable bonds is 10. The first-order valence-electron chi connectivity index (χ1n) is 10.5. The lowest BCUT2D eigenvalue weighted by atomic mass is 10.2. The van der Waals surface area contributed by atoms with E-state index in [1.54, 1.807) is 24.3 Å². The van der Waals surface area contributed by atoms with Crippen LogP contribution in [0.1, 0.15) is 11.1 Å². The predicted molar refractivity (Wildman–Crippen MR) is 129 cm³/mol. The van der Waals surface area contributed by atoms with Gasteiger partial charge >= 0.3 is 0 Å². The lowest BCUT2D eigenvalue weighted by Gasteiger charge is -2.09. The molecule has 0 aliphatic rings. The van der Waals surface area contributed by atoms with E-state index in [4.69, 9.17) is 9.72 Å². The Morgan fingerprint density at radius 2 is 1.76 bits per heavy atom. The van der Waals surface area contributed by atoms with Gasteiger partial charge in [0.15, 0.2) is 5.16 Å². The van der Waals surface area contributed by atoms with Crippen LogP contribution in [-0.2, 0) is 16.1 Å². The van der Waals surface area contributed by atoms with Crippen LogP contribution in [-0.4, -0.2) is 40.0 Å². The average Bonchev–Trinajstić information content (AvgIpc) is 3.20. The number of hydrogen-bond donors (Lipinski definition) is 1. The monoisotopic (exact) mass is 473 g/mol. The minimum Gasteiger partial charge on any atom is -0.546 e. The number of imidazole rings is 1. The number of aliphatic carboxylic acids is 1. The highest BCUT2D eigenvalue weighted by atomic mass is 32.2. The average molecular weight is 474 g/mol. The maximum absolute atomic E-state index is 12.4. The zero-order chi connectivity index (χ0) is 23.8. The number of fused-ring (bicyclic) bond motifs is 1. The molecule has 1 N–H and O–H groups in total. The molecule has 0 fully saturated rings. The molecule has 1 aromatic heterocycles. The molecule has 0 aliphatic carbocycles. The highest BCUT2D eigenvalue weighted by Gasteiger charge is 2.13. The van der Waals surface area contributed by atoms with Crippen LogP contribution in [0.3, 0.4) is 0 Å². The standard InChI is InChI=1S/C25H22N4O4S/c30-23(28-26-14-19-10-4-7-13-22(19)33-16-24(31)32)17-34-25-27-20-11-5-6-12-21(20)29(25)15-18-8-2-1-3-9-18/h1-14H,15-17H2,(H,28,30)(H,31,32)/p-1/b26-14-. The second-order valence-corrected chi connectivity index (χ2v) is 8.18. The first-order valence-corrected chi connectivity index (χ1v) is 11.4. The van der Waals surface area contributed by atoms with E-state index < -0.39 is 12.6 Å². The summed E-state index contributed by atoms with van der Waals surface area (Å²) in [5, 5.41) is 15.3. The van der Waals surface area contributed by atoms with Crippen molar-refractivity contribution < 1.29 is 19.4 Å². The van der Waals surface area contributed by atoms with Crippen LogP contribution in [0.5, 0.6) is 5.75 Å².